The summed E-state index contributed by atoms with van der Waals surface area (Å²) < 4.78 is 5.97. The second-order valence-electron chi connectivity index (χ2n) is 6.88. The van der Waals surface area contributed by atoms with E-state index in [2.05, 4.69) is 55.9 Å². The Morgan fingerprint density at radius 3 is 2.62 bits per heavy atom. The summed E-state index contributed by atoms with van der Waals surface area (Å²) in [5.41, 5.74) is 0.997. The van der Waals surface area contributed by atoms with Crippen LogP contribution in [0.25, 0.3) is 11.0 Å². The van der Waals surface area contributed by atoms with Crippen LogP contribution in [0.4, 0.5) is 0 Å². The molecule has 0 aliphatic carbocycles. The molecule has 0 amide bonds. The highest BCUT2D eigenvalue weighted by molar-refractivity contribution is 5.77. The van der Waals surface area contributed by atoms with E-state index in [1.54, 1.807) is 0 Å². The van der Waals surface area contributed by atoms with Crippen LogP contribution in [0.3, 0.4) is 0 Å². The molecular weight excluding hydrogens is 260 g/mol. The lowest BCUT2D eigenvalue weighted by molar-refractivity contribution is 0.215. The fourth-order valence-electron chi connectivity index (χ4n) is 3.56. The van der Waals surface area contributed by atoms with Crippen molar-refractivity contribution >= 4 is 11.0 Å². The third-order valence-corrected chi connectivity index (χ3v) is 4.78. The van der Waals surface area contributed by atoms with E-state index >= 15 is 0 Å². The van der Waals surface area contributed by atoms with Crippen molar-refractivity contribution in [3.63, 3.8) is 0 Å². The van der Waals surface area contributed by atoms with E-state index in [0.717, 1.165) is 42.8 Å². The Morgan fingerprint density at radius 2 is 2.00 bits per heavy atom. The molecule has 0 spiro atoms. The minimum atomic E-state index is 0.648. The number of nitrogens with zero attached hydrogens (tertiary/aromatic N) is 2. The number of furan rings is 1. The first-order valence-corrected chi connectivity index (χ1v) is 7.91. The van der Waals surface area contributed by atoms with Crippen molar-refractivity contribution in [2.24, 2.45) is 11.8 Å². The van der Waals surface area contributed by atoms with E-state index in [1.807, 2.05) is 12.1 Å². The number of fused-ring (bicyclic) bond motifs is 1. The first kappa shape index (κ1) is 14.6. The van der Waals surface area contributed by atoms with Gasteiger partial charge in [-0.15, -0.1) is 0 Å². The summed E-state index contributed by atoms with van der Waals surface area (Å²) in [5.74, 6) is 2.54. The Morgan fingerprint density at radius 1 is 1.24 bits per heavy atom. The normalized spacial score (nSPS) is 23.7. The monoisotopic (exact) mass is 286 g/mol. The van der Waals surface area contributed by atoms with Crippen molar-refractivity contribution in [3.05, 3.63) is 36.1 Å². The molecule has 1 fully saturated rings. The van der Waals surface area contributed by atoms with Crippen molar-refractivity contribution in [1.82, 2.24) is 9.80 Å². The number of benzene rings is 1. The topological polar surface area (TPSA) is 19.6 Å². The molecule has 1 aromatic heterocycles. The van der Waals surface area contributed by atoms with E-state index in [1.165, 1.54) is 5.39 Å². The van der Waals surface area contributed by atoms with Gasteiger partial charge in [-0.05, 0) is 38.1 Å². The Hall–Kier alpha value is -1.32. The number of para-hydroxylation sites is 1. The van der Waals surface area contributed by atoms with Crippen LogP contribution >= 0.6 is 0 Å². The molecule has 0 bridgehead atoms. The number of likely N-dealkylation sites (N-methyl/N-ethyl adjacent to an activating group) is 1. The van der Waals surface area contributed by atoms with Crippen molar-refractivity contribution in [2.45, 2.75) is 26.4 Å². The zero-order valence-electron chi connectivity index (χ0n) is 13.5. The molecule has 114 valence electrons. The van der Waals surface area contributed by atoms with Crippen LogP contribution < -0.4 is 0 Å². The van der Waals surface area contributed by atoms with Crippen LogP contribution in [-0.2, 0) is 6.54 Å². The van der Waals surface area contributed by atoms with Crippen LogP contribution in [0.1, 0.15) is 19.6 Å². The van der Waals surface area contributed by atoms with Crippen LogP contribution in [0.5, 0.6) is 0 Å². The summed E-state index contributed by atoms with van der Waals surface area (Å²) >= 11 is 0. The van der Waals surface area contributed by atoms with Gasteiger partial charge in [0.1, 0.15) is 11.3 Å². The van der Waals surface area contributed by atoms with Gasteiger partial charge in [0.05, 0.1) is 6.54 Å². The molecule has 1 aliphatic rings. The molecule has 0 unspecified atom stereocenters. The minimum absolute atomic E-state index is 0.648. The second-order valence-corrected chi connectivity index (χ2v) is 6.88. The highest BCUT2D eigenvalue weighted by Gasteiger charge is 2.35. The van der Waals surface area contributed by atoms with Crippen LogP contribution in [0, 0.1) is 11.8 Å². The SMILES string of the molecule is CC(C)[C@@H]1CN(Cc2cc3ccccc3o2)C[C@H]1N(C)C. The van der Waals surface area contributed by atoms with E-state index in [9.17, 15) is 0 Å². The Labute approximate surface area is 127 Å². The minimum Gasteiger partial charge on any atom is -0.460 e. The van der Waals surface area contributed by atoms with Gasteiger partial charge in [-0.3, -0.25) is 4.90 Å². The fourth-order valence-corrected chi connectivity index (χ4v) is 3.56. The molecule has 0 saturated carbocycles. The van der Waals surface area contributed by atoms with Gasteiger partial charge in [0.15, 0.2) is 0 Å². The first-order chi connectivity index (χ1) is 10.0. The highest BCUT2D eigenvalue weighted by atomic mass is 16.3. The fraction of sp³-hybridized carbons (Fsp3) is 0.556. The van der Waals surface area contributed by atoms with Gasteiger partial charge in [-0.2, -0.15) is 0 Å². The number of hydrogen-bond acceptors (Lipinski definition) is 3. The molecule has 3 heteroatoms. The molecule has 21 heavy (non-hydrogen) atoms. The van der Waals surface area contributed by atoms with Crippen LogP contribution in [-0.4, -0.2) is 43.0 Å². The molecule has 3 nitrogen and oxygen atoms in total. The molecule has 0 N–H and O–H groups in total. The average molecular weight is 286 g/mol. The summed E-state index contributed by atoms with van der Waals surface area (Å²) in [6.45, 7) is 7.89. The predicted molar refractivity (Wildman–Crippen MR) is 87.3 cm³/mol. The summed E-state index contributed by atoms with van der Waals surface area (Å²) in [6.07, 6.45) is 0. The standard InChI is InChI=1S/C18H26N2O/c1-13(2)16-11-20(12-17(16)19(3)4)10-15-9-14-7-5-6-8-18(14)21-15/h5-9,13,16-17H,10-12H2,1-4H3/t16-,17+/m0/s1. The third-order valence-electron chi connectivity index (χ3n) is 4.78. The Bertz CT molecular complexity index is 553. The van der Waals surface area contributed by atoms with Crippen LogP contribution in [0.2, 0.25) is 0 Å². The maximum absolute atomic E-state index is 5.97. The van der Waals surface area contributed by atoms with Gasteiger partial charge in [0.2, 0.25) is 0 Å². The Kier molecular flexibility index (Phi) is 4.05. The van der Waals surface area contributed by atoms with Crippen LogP contribution in [0.15, 0.2) is 34.7 Å². The molecule has 3 rings (SSSR count). The Balaban J connectivity index is 1.73. The molecule has 1 saturated heterocycles. The summed E-state index contributed by atoms with van der Waals surface area (Å²) in [4.78, 5) is 4.91. The highest BCUT2D eigenvalue weighted by Crippen LogP contribution is 2.29. The molecule has 1 aromatic carbocycles. The average Bonchev–Trinajstić information content (AvgIpc) is 3.02. The lowest BCUT2D eigenvalue weighted by atomic mass is 9.91. The molecule has 2 heterocycles. The van der Waals surface area contributed by atoms with Crippen molar-refractivity contribution in [1.29, 1.82) is 0 Å². The van der Waals surface area contributed by atoms with E-state index in [0.29, 0.717) is 6.04 Å². The smallest absolute Gasteiger partial charge is 0.134 e. The van der Waals surface area contributed by atoms with Gasteiger partial charge < -0.3 is 9.32 Å². The van der Waals surface area contributed by atoms with Crippen molar-refractivity contribution in [2.75, 3.05) is 27.2 Å². The first-order valence-electron chi connectivity index (χ1n) is 7.91. The van der Waals surface area contributed by atoms with E-state index in [4.69, 9.17) is 4.42 Å². The molecule has 2 aromatic rings. The van der Waals surface area contributed by atoms with Crippen molar-refractivity contribution in [3.8, 4) is 0 Å². The zero-order chi connectivity index (χ0) is 15.0. The van der Waals surface area contributed by atoms with Gasteiger partial charge >= 0.3 is 0 Å². The second kappa shape index (κ2) is 5.82. The zero-order valence-corrected chi connectivity index (χ0v) is 13.5. The van der Waals surface area contributed by atoms with Gasteiger partial charge in [0, 0.05) is 24.5 Å². The quantitative estimate of drug-likeness (QED) is 0.858. The largest absolute Gasteiger partial charge is 0.460 e. The number of hydrogen-bond donors (Lipinski definition) is 0. The number of likely N-dealkylation sites (tertiary alicyclic amines) is 1. The summed E-state index contributed by atoms with van der Waals surface area (Å²) in [7, 11) is 4.40. The summed E-state index contributed by atoms with van der Waals surface area (Å²) in [5, 5.41) is 1.20. The molecular formula is C18H26N2O. The maximum Gasteiger partial charge on any atom is 0.134 e. The third kappa shape index (κ3) is 2.99. The van der Waals surface area contributed by atoms with Crippen molar-refractivity contribution < 1.29 is 4.42 Å². The van der Waals surface area contributed by atoms with Gasteiger partial charge in [-0.1, -0.05) is 32.0 Å². The lowest BCUT2D eigenvalue weighted by Crippen LogP contribution is -2.37. The van der Waals surface area contributed by atoms with Gasteiger partial charge in [-0.25, -0.2) is 0 Å². The summed E-state index contributed by atoms with van der Waals surface area (Å²) in [6, 6.07) is 11.1. The lowest BCUT2D eigenvalue weighted by Gasteiger charge is -2.27. The van der Waals surface area contributed by atoms with Gasteiger partial charge in [0.25, 0.3) is 0 Å². The molecule has 2 atom stereocenters. The molecule has 0 radical (unpaired) electrons. The molecule has 1 aliphatic heterocycles. The predicted octanol–water partition coefficient (Wildman–Crippen LogP) is 3.45. The maximum atomic E-state index is 5.97. The number of rotatable bonds is 4. The van der Waals surface area contributed by atoms with E-state index in [-0.39, 0.29) is 0 Å². The van der Waals surface area contributed by atoms with E-state index < -0.39 is 0 Å².